The lowest BCUT2D eigenvalue weighted by molar-refractivity contribution is 0.0754. The first kappa shape index (κ1) is 16.9. The molecule has 25 heavy (non-hydrogen) atoms. The van der Waals surface area contributed by atoms with Gasteiger partial charge in [-0.1, -0.05) is 30.3 Å². The Balaban J connectivity index is 1.95. The minimum Gasteiger partial charge on any atom is -0.493 e. The van der Waals surface area contributed by atoms with Gasteiger partial charge in [0.25, 0.3) is 5.91 Å². The second-order valence-electron chi connectivity index (χ2n) is 5.76. The third kappa shape index (κ3) is 3.31. The first-order valence-corrected chi connectivity index (χ1v) is 8.24. The number of hydrogen-bond donors (Lipinski definition) is 1. The molecule has 2 aromatic carbocycles. The van der Waals surface area contributed by atoms with Crippen molar-refractivity contribution in [1.29, 1.82) is 0 Å². The number of rotatable bonds is 6. The number of carbonyl (C=O) groups is 1. The molecule has 0 fully saturated rings. The second-order valence-corrected chi connectivity index (χ2v) is 5.76. The number of fused-ring (bicyclic) bond motifs is 1. The summed E-state index contributed by atoms with van der Waals surface area (Å²) in [6, 6.07) is 13.7. The molecule has 0 spiro atoms. The molecule has 0 aliphatic carbocycles. The van der Waals surface area contributed by atoms with E-state index < -0.39 is 0 Å². The van der Waals surface area contributed by atoms with Crippen LogP contribution in [0.2, 0.25) is 0 Å². The molecule has 0 aliphatic rings. The van der Waals surface area contributed by atoms with Crippen molar-refractivity contribution in [3.8, 4) is 11.5 Å². The molecule has 0 saturated heterocycles. The fourth-order valence-electron chi connectivity index (χ4n) is 2.93. The molecular weight excluding hydrogens is 316 g/mol. The Labute approximate surface area is 147 Å². The van der Waals surface area contributed by atoms with Gasteiger partial charge in [0.1, 0.15) is 0 Å². The van der Waals surface area contributed by atoms with Crippen molar-refractivity contribution in [1.82, 2.24) is 9.88 Å². The lowest BCUT2D eigenvalue weighted by Gasteiger charge is -2.21. The van der Waals surface area contributed by atoms with Crippen LogP contribution in [0.5, 0.6) is 11.5 Å². The highest BCUT2D eigenvalue weighted by molar-refractivity contribution is 6.07. The Morgan fingerprint density at radius 3 is 2.40 bits per heavy atom. The zero-order chi connectivity index (χ0) is 17.8. The number of methoxy groups -OCH3 is 2. The molecule has 1 heterocycles. The van der Waals surface area contributed by atoms with Crippen LogP contribution in [-0.2, 0) is 6.54 Å². The van der Waals surface area contributed by atoms with Crippen LogP contribution in [0.15, 0.2) is 48.7 Å². The highest BCUT2D eigenvalue weighted by Gasteiger charge is 2.20. The van der Waals surface area contributed by atoms with E-state index in [1.165, 1.54) is 0 Å². The van der Waals surface area contributed by atoms with Crippen LogP contribution in [0, 0.1) is 0 Å². The smallest absolute Gasteiger partial charge is 0.256 e. The predicted molar refractivity (Wildman–Crippen MR) is 98.3 cm³/mol. The van der Waals surface area contributed by atoms with E-state index in [0.29, 0.717) is 30.2 Å². The number of hydrogen-bond acceptors (Lipinski definition) is 3. The molecule has 130 valence electrons. The summed E-state index contributed by atoms with van der Waals surface area (Å²) in [5, 5.41) is 0.828. The Kier molecular flexibility index (Phi) is 4.93. The van der Waals surface area contributed by atoms with E-state index in [1.807, 2.05) is 54.3 Å². The van der Waals surface area contributed by atoms with E-state index in [1.54, 1.807) is 20.4 Å². The SMILES string of the molecule is CCN(Cc1ccccc1)C(=O)c1c[nH]c2cc(OC)c(OC)cc12. The molecule has 0 unspecified atom stereocenters. The summed E-state index contributed by atoms with van der Waals surface area (Å²) < 4.78 is 10.7. The number of ether oxygens (including phenoxy) is 2. The molecule has 5 heteroatoms. The van der Waals surface area contributed by atoms with E-state index in [4.69, 9.17) is 9.47 Å². The van der Waals surface area contributed by atoms with Crippen molar-refractivity contribution in [2.24, 2.45) is 0 Å². The van der Waals surface area contributed by atoms with Crippen molar-refractivity contribution >= 4 is 16.8 Å². The van der Waals surface area contributed by atoms with E-state index in [-0.39, 0.29) is 5.91 Å². The van der Waals surface area contributed by atoms with Gasteiger partial charge in [0.05, 0.1) is 25.3 Å². The van der Waals surface area contributed by atoms with Crippen molar-refractivity contribution in [2.75, 3.05) is 20.8 Å². The highest BCUT2D eigenvalue weighted by Crippen LogP contribution is 2.33. The zero-order valence-corrected chi connectivity index (χ0v) is 14.7. The highest BCUT2D eigenvalue weighted by atomic mass is 16.5. The molecule has 1 aromatic heterocycles. The molecule has 5 nitrogen and oxygen atoms in total. The van der Waals surface area contributed by atoms with Crippen molar-refractivity contribution < 1.29 is 14.3 Å². The Morgan fingerprint density at radius 1 is 1.08 bits per heavy atom. The van der Waals surface area contributed by atoms with Gasteiger partial charge >= 0.3 is 0 Å². The largest absolute Gasteiger partial charge is 0.493 e. The standard InChI is InChI=1S/C20H22N2O3/c1-4-22(13-14-8-6-5-7-9-14)20(23)16-12-21-17-11-19(25-3)18(24-2)10-15(16)17/h5-12,21H,4,13H2,1-3H3. The number of amides is 1. The molecular formula is C20H22N2O3. The normalized spacial score (nSPS) is 10.7. The van der Waals surface area contributed by atoms with Gasteiger partial charge in [-0.25, -0.2) is 0 Å². The molecule has 1 amide bonds. The van der Waals surface area contributed by atoms with Crippen LogP contribution < -0.4 is 9.47 Å². The molecule has 0 aliphatic heterocycles. The zero-order valence-electron chi connectivity index (χ0n) is 14.7. The minimum atomic E-state index is -0.00942. The van der Waals surface area contributed by atoms with Crippen molar-refractivity contribution in [3.63, 3.8) is 0 Å². The van der Waals surface area contributed by atoms with Gasteiger partial charge in [-0.3, -0.25) is 4.79 Å². The number of carbonyl (C=O) groups excluding carboxylic acids is 1. The van der Waals surface area contributed by atoms with E-state index in [2.05, 4.69) is 4.98 Å². The quantitative estimate of drug-likeness (QED) is 0.743. The van der Waals surface area contributed by atoms with Gasteiger partial charge in [0, 0.05) is 30.7 Å². The average Bonchev–Trinajstić information content (AvgIpc) is 3.07. The first-order valence-electron chi connectivity index (χ1n) is 8.24. The van der Waals surface area contributed by atoms with Crippen LogP contribution in [0.3, 0.4) is 0 Å². The minimum absolute atomic E-state index is 0.00942. The van der Waals surface area contributed by atoms with Crippen LogP contribution in [-0.4, -0.2) is 36.6 Å². The summed E-state index contributed by atoms with van der Waals surface area (Å²) in [5.41, 5.74) is 2.59. The summed E-state index contributed by atoms with van der Waals surface area (Å²) in [6.45, 7) is 3.20. The molecule has 3 rings (SSSR count). The summed E-state index contributed by atoms with van der Waals surface area (Å²) in [6.07, 6.45) is 1.75. The maximum Gasteiger partial charge on any atom is 0.256 e. The number of aromatic nitrogens is 1. The summed E-state index contributed by atoms with van der Waals surface area (Å²) in [4.78, 5) is 18.0. The lowest BCUT2D eigenvalue weighted by atomic mass is 10.1. The van der Waals surface area contributed by atoms with Gasteiger partial charge in [-0.2, -0.15) is 0 Å². The Bertz CT molecular complexity index is 871. The Morgan fingerprint density at radius 2 is 1.76 bits per heavy atom. The molecule has 3 aromatic rings. The molecule has 0 bridgehead atoms. The first-order chi connectivity index (χ1) is 12.2. The average molecular weight is 338 g/mol. The summed E-state index contributed by atoms with van der Waals surface area (Å²) in [7, 11) is 3.18. The van der Waals surface area contributed by atoms with E-state index in [0.717, 1.165) is 16.5 Å². The number of nitrogens with one attached hydrogen (secondary N) is 1. The number of nitrogens with zero attached hydrogens (tertiary/aromatic N) is 1. The monoisotopic (exact) mass is 338 g/mol. The molecule has 0 saturated carbocycles. The topological polar surface area (TPSA) is 54.6 Å². The van der Waals surface area contributed by atoms with Crippen molar-refractivity contribution in [2.45, 2.75) is 13.5 Å². The maximum absolute atomic E-state index is 13.0. The third-order valence-electron chi connectivity index (χ3n) is 4.30. The molecule has 1 N–H and O–H groups in total. The van der Waals surface area contributed by atoms with Crippen molar-refractivity contribution in [3.05, 3.63) is 59.8 Å². The van der Waals surface area contributed by atoms with Crippen LogP contribution in [0.4, 0.5) is 0 Å². The van der Waals surface area contributed by atoms with E-state index in [9.17, 15) is 4.79 Å². The van der Waals surface area contributed by atoms with E-state index >= 15 is 0 Å². The van der Waals surface area contributed by atoms with Crippen LogP contribution >= 0.6 is 0 Å². The van der Waals surface area contributed by atoms with Crippen LogP contribution in [0.25, 0.3) is 10.9 Å². The third-order valence-corrected chi connectivity index (χ3v) is 4.30. The van der Waals surface area contributed by atoms with Gasteiger partial charge in [0.2, 0.25) is 0 Å². The Hall–Kier alpha value is -2.95. The summed E-state index contributed by atoms with van der Waals surface area (Å²) in [5.74, 6) is 1.23. The summed E-state index contributed by atoms with van der Waals surface area (Å²) >= 11 is 0. The number of aromatic amines is 1. The molecule has 0 radical (unpaired) electrons. The fourth-order valence-corrected chi connectivity index (χ4v) is 2.93. The number of benzene rings is 2. The maximum atomic E-state index is 13.0. The fraction of sp³-hybridized carbons (Fsp3) is 0.250. The molecule has 0 atom stereocenters. The lowest BCUT2D eigenvalue weighted by Crippen LogP contribution is -2.30. The van der Waals surface area contributed by atoms with Gasteiger partial charge in [-0.05, 0) is 18.6 Å². The predicted octanol–water partition coefficient (Wildman–Crippen LogP) is 3.85. The number of H-pyrrole nitrogens is 1. The second kappa shape index (κ2) is 7.30. The van der Waals surface area contributed by atoms with Gasteiger partial charge < -0.3 is 19.4 Å². The van der Waals surface area contributed by atoms with Gasteiger partial charge in [0.15, 0.2) is 11.5 Å². The van der Waals surface area contributed by atoms with Crippen LogP contribution in [0.1, 0.15) is 22.8 Å². The van der Waals surface area contributed by atoms with Gasteiger partial charge in [-0.15, -0.1) is 0 Å².